The van der Waals surface area contributed by atoms with Crippen molar-refractivity contribution in [3.05, 3.63) is 71.0 Å². The molecule has 6 heteroatoms. The minimum absolute atomic E-state index is 0.0393. The predicted molar refractivity (Wildman–Crippen MR) is 80.2 cm³/mol. The van der Waals surface area contributed by atoms with Crippen LogP contribution in [0.15, 0.2) is 48.5 Å². The highest BCUT2D eigenvalue weighted by molar-refractivity contribution is 5.96. The minimum atomic E-state index is -1.18. The number of rotatable bonds is 5. The van der Waals surface area contributed by atoms with Crippen LogP contribution in [0.1, 0.15) is 21.5 Å². The largest absolute Gasteiger partial charge is 0.480 e. The van der Waals surface area contributed by atoms with Crippen LogP contribution in [0.2, 0.25) is 0 Å². The van der Waals surface area contributed by atoms with Crippen molar-refractivity contribution < 1.29 is 19.1 Å². The Kier molecular flexibility index (Phi) is 5.05. The molecule has 2 N–H and O–H groups in total. The molecule has 0 aliphatic rings. The van der Waals surface area contributed by atoms with Gasteiger partial charge in [-0.2, -0.15) is 5.26 Å². The third-order valence-corrected chi connectivity index (χ3v) is 3.23. The number of hydrogen-bond acceptors (Lipinski definition) is 3. The molecule has 0 radical (unpaired) electrons. The lowest BCUT2D eigenvalue weighted by atomic mass is 10.1. The minimum Gasteiger partial charge on any atom is -0.480 e. The van der Waals surface area contributed by atoms with Gasteiger partial charge in [-0.3, -0.25) is 4.79 Å². The van der Waals surface area contributed by atoms with Crippen LogP contribution >= 0.6 is 0 Å². The Morgan fingerprint density at radius 3 is 2.26 bits per heavy atom. The first kappa shape index (κ1) is 16.2. The molecule has 23 heavy (non-hydrogen) atoms. The average Bonchev–Trinajstić information content (AvgIpc) is 2.56. The molecule has 0 bridgehead atoms. The molecule has 0 fully saturated rings. The number of halogens is 1. The summed E-state index contributed by atoms with van der Waals surface area (Å²) in [6.07, 6.45) is 0.0393. The van der Waals surface area contributed by atoms with Gasteiger partial charge in [-0.05, 0) is 42.0 Å². The van der Waals surface area contributed by atoms with Crippen LogP contribution in [0.25, 0.3) is 0 Å². The zero-order valence-electron chi connectivity index (χ0n) is 12.0. The molecule has 0 saturated heterocycles. The van der Waals surface area contributed by atoms with Crippen molar-refractivity contribution in [2.45, 2.75) is 12.5 Å². The fourth-order valence-electron chi connectivity index (χ4n) is 1.99. The molecule has 1 atom stereocenters. The summed E-state index contributed by atoms with van der Waals surface area (Å²) < 4.78 is 12.9. The summed E-state index contributed by atoms with van der Waals surface area (Å²) in [7, 11) is 0. The molecule has 0 aromatic heterocycles. The van der Waals surface area contributed by atoms with Crippen LogP contribution in [-0.4, -0.2) is 23.0 Å². The highest BCUT2D eigenvalue weighted by Crippen LogP contribution is 2.08. The molecule has 0 aliphatic carbocycles. The van der Waals surface area contributed by atoms with Crippen LogP contribution in [-0.2, 0) is 11.2 Å². The highest BCUT2D eigenvalue weighted by atomic mass is 19.1. The van der Waals surface area contributed by atoms with Gasteiger partial charge in [-0.15, -0.1) is 0 Å². The maximum Gasteiger partial charge on any atom is 0.326 e. The van der Waals surface area contributed by atoms with Crippen molar-refractivity contribution in [2.24, 2.45) is 0 Å². The molecule has 116 valence electrons. The molecule has 5 nitrogen and oxygen atoms in total. The van der Waals surface area contributed by atoms with Crippen LogP contribution in [0, 0.1) is 17.1 Å². The van der Waals surface area contributed by atoms with E-state index in [2.05, 4.69) is 5.32 Å². The SMILES string of the molecule is N#Cc1ccc(C(=O)N[C@@H](Cc2ccc(F)cc2)C(=O)O)cc1. The van der Waals surface area contributed by atoms with Crippen LogP contribution in [0.5, 0.6) is 0 Å². The van der Waals surface area contributed by atoms with E-state index in [1.807, 2.05) is 6.07 Å². The van der Waals surface area contributed by atoms with Gasteiger partial charge in [-0.1, -0.05) is 12.1 Å². The second-order valence-corrected chi connectivity index (χ2v) is 4.88. The van der Waals surface area contributed by atoms with Gasteiger partial charge in [0, 0.05) is 12.0 Å². The maximum absolute atomic E-state index is 12.9. The number of carbonyl (C=O) groups is 2. The molecule has 2 aromatic rings. The maximum atomic E-state index is 12.9. The summed E-state index contributed by atoms with van der Waals surface area (Å²) in [5, 5.41) is 20.4. The van der Waals surface area contributed by atoms with E-state index in [1.54, 1.807) is 0 Å². The highest BCUT2D eigenvalue weighted by Gasteiger charge is 2.21. The predicted octanol–water partition coefficient (Wildman–Crippen LogP) is 2.12. The van der Waals surface area contributed by atoms with Gasteiger partial charge in [0.15, 0.2) is 0 Å². The summed E-state index contributed by atoms with van der Waals surface area (Å²) >= 11 is 0. The van der Waals surface area contributed by atoms with Crippen LogP contribution < -0.4 is 5.32 Å². The van der Waals surface area contributed by atoms with Gasteiger partial charge in [0.2, 0.25) is 0 Å². The van der Waals surface area contributed by atoms with E-state index in [1.165, 1.54) is 48.5 Å². The summed E-state index contributed by atoms with van der Waals surface area (Å²) in [6, 6.07) is 12.1. The molecule has 1 amide bonds. The van der Waals surface area contributed by atoms with Gasteiger partial charge in [0.1, 0.15) is 11.9 Å². The molecule has 0 saturated carbocycles. The standard InChI is InChI=1S/C17H13FN2O3/c18-14-7-3-11(4-8-14)9-15(17(22)23)20-16(21)13-5-1-12(10-19)2-6-13/h1-8,15H,9H2,(H,20,21)(H,22,23)/t15-/m0/s1. The zero-order valence-corrected chi connectivity index (χ0v) is 12.0. The van der Waals surface area contributed by atoms with Crippen LogP contribution in [0.3, 0.4) is 0 Å². The Labute approximate surface area is 132 Å². The number of carboxylic acid groups (broad SMARTS) is 1. The van der Waals surface area contributed by atoms with E-state index < -0.39 is 23.7 Å². The Balaban J connectivity index is 2.09. The lowest BCUT2D eigenvalue weighted by Gasteiger charge is -2.14. The van der Waals surface area contributed by atoms with Crippen molar-refractivity contribution in [1.82, 2.24) is 5.32 Å². The number of nitrogens with zero attached hydrogens (tertiary/aromatic N) is 1. The number of aliphatic carboxylic acids is 1. The monoisotopic (exact) mass is 312 g/mol. The zero-order chi connectivity index (χ0) is 16.8. The first-order valence-electron chi connectivity index (χ1n) is 6.78. The van der Waals surface area contributed by atoms with Crippen molar-refractivity contribution in [3.8, 4) is 6.07 Å². The fourth-order valence-corrected chi connectivity index (χ4v) is 1.99. The number of benzene rings is 2. The number of carboxylic acids is 1. The molecular weight excluding hydrogens is 299 g/mol. The Morgan fingerprint density at radius 2 is 1.74 bits per heavy atom. The first-order chi connectivity index (χ1) is 11.0. The number of nitriles is 1. The number of hydrogen-bond donors (Lipinski definition) is 2. The number of carbonyl (C=O) groups excluding carboxylic acids is 1. The summed E-state index contributed by atoms with van der Waals surface area (Å²) in [5.41, 5.74) is 1.26. The van der Waals surface area contributed by atoms with E-state index in [-0.39, 0.29) is 12.0 Å². The van der Waals surface area contributed by atoms with E-state index >= 15 is 0 Å². The molecule has 0 heterocycles. The van der Waals surface area contributed by atoms with Gasteiger partial charge < -0.3 is 10.4 Å². The quantitative estimate of drug-likeness (QED) is 0.885. The average molecular weight is 312 g/mol. The molecular formula is C17H13FN2O3. The second-order valence-electron chi connectivity index (χ2n) is 4.88. The smallest absolute Gasteiger partial charge is 0.326 e. The Hall–Kier alpha value is -3.20. The first-order valence-corrected chi connectivity index (χ1v) is 6.78. The molecule has 2 rings (SSSR count). The lowest BCUT2D eigenvalue weighted by Crippen LogP contribution is -2.42. The van der Waals surface area contributed by atoms with E-state index in [9.17, 15) is 19.1 Å². The summed E-state index contributed by atoms with van der Waals surface area (Å²) in [5.74, 6) is -2.15. The third-order valence-electron chi connectivity index (χ3n) is 3.23. The van der Waals surface area contributed by atoms with Gasteiger partial charge in [0.05, 0.1) is 11.6 Å². The summed E-state index contributed by atoms with van der Waals surface area (Å²) in [6.45, 7) is 0. The van der Waals surface area contributed by atoms with Crippen molar-refractivity contribution >= 4 is 11.9 Å². The van der Waals surface area contributed by atoms with Crippen molar-refractivity contribution in [2.75, 3.05) is 0 Å². The van der Waals surface area contributed by atoms with Gasteiger partial charge >= 0.3 is 5.97 Å². The van der Waals surface area contributed by atoms with Crippen molar-refractivity contribution in [3.63, 3.8) is 0 Å². The molecule has 0 unspecified atom stereocenters. The summed E-state index contributed by atoms with van der Waals surface area (Å²) in [4.78, 5) is 23.4. The second kappa shape index (κ2) is 7.18. The van der Waals surface area contributed by atoms with E-state index in [0.717, 1.165) is 0 Å². The molecule has 0 aliphatic heterocycles. The van der Waals surface area contributed by atoms with E-state index in [0.29, 0.717) is 11.1 Å². The van der Waals surface area contributed by atoms with Crippen LogP contribution in [0.4, 0.5) is 4.39 Å². The normalized spacial score (nSPS) is 11.3. The Morgan fingerprint density at radius 1 is 1.13 bits per heavy atom. The molecule has 0 spiro atoms. The lowest BCUT2D eigenvalue weighted by molar-refractivity contribution is -0.139. The van der Waals surface area contributed by atoms with Crippen molar-refractivity contribution in [1.29, 1.82) is 5.26 Å². The third kappa shape index (κ3) is 4.38. The fraction of sp³-hybridized carbons (Fsp3) is 0.118. The van der Waals surface area contributed by atoms with Gasteiger partial charge in [0.25, 0.3) is 5.91 Å². The number of nitrogens with one attached hydrogen (secondary N) is 1. The topological polar surface area (TPSA) is 90.2 Å². The number of amides is 1. The van der Waals surface area contributed by atoms with E-state index in [4.69, 9.17) is 5.26 Å². The van der Waals surface area contributed by atoms with Gasteiger partial charge in [-0.25, -0.2) is 9.18 Å². The molecule has 2 aromatic carbocycles. The Bertz CT molecular complexity index is 749.